The van der Waals surface area contributed by atoms with E-state index in [0.29, 0.717) is 17.2 Å². The van der Waals surface area contributed by atoms with Crippen LogP contribution in [0.4, 0.5) is 5.69 Å². The average molecular weight is 436 g/mol. The Morgan fingerprint density at radius 1 is 1.17 bits per heavy atom. The standard InChI is InChI=1S/C20H25N3O6S/c1-6-27-20(24)14(4)22-23-17-9-7-15(11-18(17)28-13(2)3)29-19-10-8-16(12-21-19)30(5,25)26/h7-14H,6H2,1-5H3. The Balaban J connectivity index is 2.23. The number of rotatable bonds is 9. The van der Waals surface area contributed by atoms with E-state index in [1.54, 1.807) is 32.0 Å². The van der Waals surface area contributed by atoms with Crippen LogP contribution in [-0.4, -0.2) is 44.4 Å². The van der Waals surface area contributed by atoms with Crippen molar-refractivity contribution in [3.8, 4) is 17.4 Å². The third-order valence-corrected chi connectivity index (χ3v) is 4.72. The number of sulfone groups is 1. The van der Waals surface area contributed by atoms with Gasteiger partial charge in [0.15, 0.2) is 21.6 Å². The summed E-state index contributed by atoms with van der Waals surface area (Å²) in [6.45, 7) is 7.31. The lowest BCUT2D eigenvalue weighted by molar-refractivity contribution is -0.144. The lowest BCUT2D eigenvalue weighted by Gasteiger charge is -2.13. The van der Waals surface area contributed by atoms with E-state index < -0.39 is 21.8 Å². The number of pyridine rings is 1. The Morgan fingerprint density at radius 2 is 1.90 bits per heavy atom. The molecule has 2 rings (SSSR count). The zero-order valence-corrected chi connectivity index (χ0v) is 18.3. The van der Waals surface area contributed by atoms with Crippen molar-refractivity contribution in [2.24, 2.45) is 10.2 Å². The number of hydrogen-bond acceptors (Lipinski definition) is 9. The van der Waals surface area contributed by atoms with Crippen molar-refractivity contribution in [1.82, 2.24) is 4.98 Å². The van der Waals surface area contributed by atoms with Crippen molar-refractivity contribution >= 4 is 21.5 Å². The maximum Gasteiger partial charge on any atom is 0.332 e. The van der Waals surface area contributed by atoms with Gasteiger partial charge in [-0.3, -0.25) is 0 Å². The van der Waals surface area contributed by atoms with Crippen molar-refractivity contribution in [3.63, 3.8) is 0 Å². The Kier molecular flexibility index (Phi) is 7.87. The number of aromatic nitrogens is 1. The van der Waals surface area contributed by atoms with Gasteiger partial charge in [-0.15, -0.1) is 0 Å². The summed E-state index contributed by atoms with van der Waals surface area (Å²) in [6, 6.07) is 7.04. The van der Waals surface area contributed by atoms with Crippen LogP contribution in [0.5, 0.6) is 17.4 Å². The molecule has 162 valence electrons. The molecule has 0 fully saturated rings. The molecule has 0 saturated carbocycles. The number of nitrogens with zero attached hydrogens (tertiary/aromatic N) is 3. The van der Waals surface area contributed by atoms with Gasteiger partial charge in [0.2, 0.25) is 5.88 Å². The molecule has 1 aromatic carbocycles. The molecule has 2 aromatic rings. The second-order valence-electron chi connectivity index (χ2n) is 6.65. The monoisotopic (exact) mass is 435 g/mol. The highest BCUT2D eigenvalue weighted by atomic mass is 32.2. The summed E-state index contributed by atoms with van der Waals surface area (Å²) in [4.78, 5) is 15.8. The van der Waals surface area contributed by atoms with Gasteiger partial charge in [0.25, 0.3) is 0 Å². The van der Waals surface area contributed by atoms with Crippen LogP contribution in [0.25, 0.3) is 0 Å². The van der Waals surface area contributed by atoms with Gasteiger partial charge in [-0.25, -0.2) is 18.2 Å². The SMILES string of the molecule is CCOC(=O)C(C)N=Nc1ccc(Oc2ccc(S(C)(=O)=O)cn2)cc1OC(C)C. The maximum absolute atomic E-state index is 11.7. The van der Waals surface area contributed by atoms with E-state index in [1.165, 1.54) is 18.3 Å². The summed E-state index contributed by atoms with van der Waals surface area (Å²) in [5, 5.41) is 8.10. The second kappa shape index (κ2) is 10.1. The van der Waals surface area contributed by atoms with E-state index >= 15 is 0 Å². The summed E-state index contributed by atoms with van der Waals surface area (Å²) in [7, 11) is -3.34. The van der Waals surface area contributed by atoms with Gasteiger partial charge in [0, 0.05) is 24.6 Å². The van der Waals surface area contributed by atoms with E-state index in [-0.39, 0.29) is 23.5 Å². The molecular formula is C20H25N3O6S. The van der Waals surface area contributed by atoms with Crippen LogP contribution >= 0.6 is 0 Å². The normalized spacial score (nSPS) is 12.7. The van der Waals surface area contributed by atoms with Crippen LogP contribution < -0.4 is 9.47 Å². The summed E-state index contributed by atoms with van der Waals surface area (Å²) in [5.41, 5.74) is 0.424. The molecule has 1 aromatic heterocycles. The first-order valence-electron chi connectivity index (χ1n) is 9.32. The average Bonchev–Trinajstić information content (AvgIpc) is 2.66. The van der Waals surface area contributed by atoms with Crippen molar-refractivity contribution in [2.45, 2.75) is 44.7 Å². The predicted molar refractivity (Wildman–Crippen MR) is 110 cm³/mol. The molecule has 1 atom stereocenters. The first-order chi connectivity index (χ1) is 14.1. The van der Waals surface area contributed by atoms with E-state index in [1.807, 2.05) is 13.8 Å². The minimum Gasteiger partial charge on any atom is -0.489 e. The Bertz CT molecular complexity index is 1000. The van der Waals surface area contributed by atoms with Crippen molar-refractivity contribution in [1.29, 1.82) is 0 Å². The molecule has 1 heterocycles. The molecule has 0 saturated heterocycles. The van der Waals surface area contributed by atoms with Crippen molar-refractivity contribution in [2.75, 3.05) is 12.9 Å². The smallest absolute Gasteiger partial charge is 0.332 e. The number of ether oxygens (including phenoxy) is 3. The topological polar surface area (TPSA) is 117 Å². The summed E-state index contributed by atoms with van der Waals surface area (Å²) in [5.74, 6) is 0.595. The Labute approximate surface area is 176 Å². The van der Waals surface area contributed by atoms with Gasteiger partial charge < -0.3 is 14.2 Å². The van der Waals surface area contributed by atoms with Gasteiger partial charge in [-0.2, -0.15) is 10.2 Å². The lowest BCUT2D eigenvalue weighted by atomic mass is 10.2. The minimum absolute atomic E-state index is 0.102. The highest BCUT2D eigenvalue weighted by molar-refractivity contribution is 7.90. The highest BCUT2D eigenvalue weighted by Crippen LogP contribution is 2.34. The molecule has 0 aliphatic carbocycles. The highest BCUT2D eigenvalue weighted by Gasteiger charge is 2.14. The zero-order chi connectivity index (χ0) is 22.3. The molecule has 10 heteroatoms. The second-order valence-corrected chi connectivity index (χ2v) is 8.66. The van der Waals surface area contributed by atoms with Gasteiger partial charge in [-0.05, 0) is 45.9 Å². The molecule has 0 N–H and O–H groups in total. The van der Waals surface area contributed by atoms with Crippen molar-refractivity contribution in [3.05, 3.63) is 36.5 Å². The number of hydrogen-bond donors (Lipinski definition) is 0. The molecule has 9 nitrogen and oxygen atoms in total. The first kappa shape index (κ1) is 23.3. The maximum atomic E-state index is 11.7. The summed E-state index contributed by atoms with van der Waals surface area (Å²) < 4.78 is 39.4. The number of esters is 1. The van der Waals surface area contributed by atoms with E-state index in [0.717, 1.165) is 6.26 Å². The third kappa shape index (κ3) is 6.80. The fraction of sp³-hybridized carbons (Fsp3) is 0.400. The van der Waals surface area contributed by atoms with Crippen LogP contribution in [0.3, 0.4) is 0 Å². The molecule has 0 amide bonds. The van der Waals surface area contributed by atoms with Gasteiger partial charge in [-0.1, -0.05) is 0 Å². The van der Waals surface area contributed by atoms with Crippen LogP contribution in [0.2, 0.25) is 0 Å². The quantitative estimate of drug-likeness (QED) is 0.430. The Hall–Kier alpha value is -3.01. The summed E-state index contributed by atoms with van der Waals surface area (Å²) >= 11 is 0. The molecule has 0 spiro atoms. The number of azo groups is 1. The molecule has 1 unspecified atom stereocenters. The minimum atomic E-state index is -3.34. The Morgan fingerprint density at radius 3 is 2.47 bits per heavy atom. The van der Waals surface area contributed by atoms with E-state index in [4.69, 9.17) is 14.2 Å². The molecule has 0 bridgehead atoms. The number of carbonyl (C=O) groups excluding carboxylic acids is 1. The first-order valence-corrected chi connectivity index (χ1v) is 11.2. The fourth-order valence-corrected chi connectivity index (χ4v) is 2.77. The van der Waals surface area contributed by atoms with Crippen LogP contribution in [-0.2, 0) is 19.4 Å². The van der Waals surface area contributed by atoms with Crippen LogP contribution in [0, 0.1) is 0 Å². The molecule has 30 heavy (non-hydrogen) atoms. The van der Waals surface area contributed by atoms with Crippen LogP contribution in [0.1, 0.15) is 27.7 Å². The lowest BCUT2D eigenvalue weighted by Crippen LogP contribution is -2.17. The molecular weight excluding hydrogens is 410 g/mol. The number of benzene rings is 1. The summed E-state index contributed by atoms with van der Waals surface area (Å²) in [6.07, 6.45) is 2.20. The zero-order valence-electron chi connectivity index (χ0n) is 17.5. The predicted octanol–water partition coefficient (Wildman–Crippen LogP) is 4.10. The van der Waals surface area contributed by atoms with E-state index in [9.17, 15) is 13.2 Å². The largest absolute Gasteiger partial charge is 0.489 e. The molecule has 0 aliphatic rings. The molecule has 0 aliphatic heterocycles. The third-order valence-electron chi connectivity index (χ3n) is 3.62. The van der Waals surface area contributed by atoms with Gasteiger partial charge in [0.1, 0.15) is 11.4 Å². The molecule has 0 radical (unpaired) electrons. The van der Waals surface area contributed by atoms with Crippen molar-refractivity contribution < 1.29 is 27.4 Å². The number of carbonyl (C=O) groups is 1. The fourth-order valence-electron chi connectivity index (χ4n) is 2.21. The van der Waals surface area contributed by atoms with Crippen LogP contribution in [0.15, 0.2) is 51.7 Å². The van der Waals surface area contributed by atoms with E-state index in [2.05, 4.69) is 15.2 Å². The van der Waals surface area contributed by atoms with Gasteiger partial charge >= 0.3 is 5.97 Å². The van der Waals surface area contributed by atoms with Gasteiger partial charge in [0.05, 0.1) is 17.6 Å².